The minimum absolute atomic E-state index is 0.694. The minimum Gasteiger partial charge on any atom is -0.664 e. The summed E-state index contributed by atoms with van der Waals surface area (Å²) >= 11 is 0. The molecule has 0 amide bonds. The highest BCUT2D eigenvalue weighted by atomic mass is 15.0. The molecule has 1 fully saturated rings. The third-order valence-corrected chi connectivity index (χ3v) is 1.57. The zero-order valence-electron chi connectivity index (χ0n) is 5.35. The van der Waals surface area contributed by atoms with Gasteiger partial charge >= 0.3 is 0 Å². The highest BCUT2D eigenvalue weighted by molar-refractivity contribution is 4.85. The Morgan fingerprint density at radius 2 is 2.62 bits per heavy atom. The van der Waals surface area contributed by atoms with Crippen LogP contribution < -0.4 is 5.32 Å². The molecule has 48 valence electrons. The Labute approximate surface area is 50.7 Å². The van der Waals surface area contributed by atoms with E-state index in [4.69, 9.17) is 0 Å². The van der Waals surface area contributed by atoms with Crippen LogP contribution in [-0.4, -0.2) is 26.2 Å². The third-order valence-electron chi connectivity index (χ3n) is 1.57. The quantitative estimate of drug-likeness (QED) is 0.561. The summed E-state index contributed by atoms with van der Waals surface area (Å²) in [4.78, 5) is 0. The highest BCUT2D eigenvalue weighted by Gasteiger charge is 2.07. The lowest BCUT2D eigenvalue weighted by Crippen LogP contribution is -2.24. The summed E-state index contributed by atoms with van der Waals surface area (Å²) in [5.74, 6) is 0. The molecule has 0 aliphatic carbocycles. The van der Waals surface area contributed by atoms with Crippen LogP contribution in [0, 0.1) is 0 Å². The normalized spacial score (nSPS) is 28.9. The van der Waals surface area contributed by atoms with Gasteiger partial charge in [-0.05, 0) is 25.4 Å². The van der Waals surface area contributed by atoms with Gasteiger partial charge in [0.05, 0.1) is 0 Å². The number of rotatable bonds is 2. The lowest BCUT2D eigenvalue weighted by Gasteiger charge is -2.17. The van der Waals surface area contributed by atoms with E-state index in [0.29, 0.717) is 6.04 Å². The number of hydrogen-bond acceptors (Lipinski definition) is 1. The van der Waals surface area contributed by atoms with Gasteiger partial charge in [0.1, 0.15) is 0 Å². The molecule has 0 aromatic rings. The molecule has 1 saturated heterocycles. The first-order chi connectivity index (χ1) is 3.93. The standard InChI is InChI=1S/C6H13N2/c1-7-5-6-3-2-4-8-6/h6,8H,2-5H2,1H3/q-1. The van der Waals surface area contributed by atoms with Gasteiger partial charge < -0.3 is 10.6 Å². The summed E-state index contributed by atoms with van der Waals surface area (Å²) in [5, 5.41) is 7.42. The number of nitrogens with zero attached hydrogens (tertiary/aromatic N) is 1. The van der Waals surface area contributed by atoms with Crippen LogP contribution in [0.5, 0.6) is 0 Å². The van der Waals surface area contributed by atoms with Crippen LogP contribution in [0.3, 0.4) is 0 Å². The van der Waals surface area contributed by atoms with E-state index in [2.05, 4.69) is 10.6 Å². The fourth-order valence-electron chi connectivity index (χ4n) is 1.13. The summed E-state index contributed by atoms with van der Waals surface area (Å²) in [6.45, 7) is 2.19. The van der Waals surface area contributed by atoms with E-state index < -0.39 is 0 Å². The molecule has 2 heteroatoms. The van der Waals surface area contributed by atoms with Crippen molar-refractivity contribution < 1.29 is 0 Å². The predicted molar refractivity (Wildman–Crippen MR) is 35.2 cm³/mol. The van der Waals surface area contributed by atoms with E-state index >= 15 is 0 Å². The maximum atomic E-state index is 4.06. The van der Waals surface area contributed by atoms with Crippen LogP contribution in [-0.2, 0) is 0 Å². The van der Waals surface area contributed by atoms with Crippen molar-refractivity contribution in [2.24, 2.45) is 0 Å². The van der Waals surface area contributed by atoms with E-state index in [1.54, 1.807) is 0 Å². The van der Waals surface area contributed by atoms with Crippen molar-refractivity contribution in [3.8, 4) is 0 Å². The predicted octanol–water partition coefficient (Wildman–Crippen LogP) is 0.742. The molecule has 1 rings (SSSR count). The molecule has 0 aromatic carbocycles. The molecule has 1 N–H and O–H groups in total. The molecular weight excluding hydrogens is 100 g/mol. The topological polar surface area (TPSA) is 26.1 Å². The van der Waals surface area contributed by atoms with Crippen LogP contribution >= 0.6 is 0 Å². The first-order valence-electron chi connectivity index (χ1n) is 3.22. The second kappa shape index (κ2) is 3.05. The lowest BCUT2D eigenvalue weighted by atomic mass is 10.2. The molecule has 1 aliphatic heterocycles. The summed E-state index contributed by atoms with van der Waals surface area (Å²) < 4.78 is 0. The van der Waals surface area contributed by atoms with Crippen LogP contribution in [0.2, 0.25) is 0 Å². The Hall–Kier alpha value is -0.0800. The number of nitrogens with one attached hydrogen (secondary N) is 1. The first-order valence-corrected chi connectivity index (χ1v) is 3.22. The first kappa shape index (κ1) is 6.05. The summed E-state index contributed by atoms with van der Waals surface area (Å²) in [7, 11) is 1.88. The maximum Gasteiger partial charge on any atom is -0.00465 e. The van der Waals surface area contributed by atoms with Gasteiger partial charge in [-0.2, -0.15) is 7.05 Å². The highest BCUT2D eigenvalue weighted by Crippen LogP contribution is 2.05. The van der Waals surface area contributed by atoms with Gasteiger partial charge in [-0.3, -0.25) is 0 Å². The van der Waals surface area contributed by atoms with E-state index in [1.807, 2.05) is 7.05 Å². The third kappa shape index (κ3) is 1.46. The molecule has 1 heterocycles. The van der Waals surface area contributed by atoms with Crippen LogP contribution in [0.25, 0.3) is 5.32 Å². The second-order valence-corrected chi connectivity index (χ2v) is 2.29. The van der Waals surface area contributed by atoms with Gasteiger partial charge in [-0.1, -0.05) is 0 Å². The van der Waals surface area contributed by atoms with Crippen molar-refractivity contribution in [2.45, 2.75) is 18.9 Å². The zero-order valence-corrected chi connectivity index (χ0v) is 5.35. The van der Waals surface area contributed by atoms with Gasteiger partial charge in [0, 0.05) is 0 Å². The van der Waals surface area contributed by atoms with Crippen LogP contribution in [0.4, 0.5) is 0 Å². The molecular formula is C6H13N2-. The van der Waals surface area contributed by atoms with Gasteiger partial charge in [0.25, 0.3) is 0 Å². The lowest BCUT2D eigenvalue weighted by molar-refractivity contribution is 0.640. The van der Waals surface area contributed by atoms with Crippen LogP contribution in [0.1, 0.15) is 12.8 Å². The van der Waals surface area contributed by atoms with Gasteiger partial charge in [0.2, 0.25) is 0 Å². The van der Waals surface area contributed by atoms with E-state index in [1.165, 1.54) is 19.4 Å². The van der Waals surface area contributed by atoms with Crippen molar-refractivity contribution >= 4 is 0 Å². The van der Waals surface area contributed by atoms with Crippen molar-refractivity contribution in [3.05, 3.63) is 5.32 Å². The van der Waals surface area contributed by atoms with E-state index in [9.17, 15) is 0 Å². The minimum atomic E-state index is 0.694. The van der Waals surface area contributed by atoms with E-state index in [0.717, 1.165) is 6.54 Å². The average molecular weight is 113 g/mol. The van der Waals surface area contributed by atoms with Gasteiger partial charge in [-0.25, -0.2) is 0 Å². The number of likely N-dealkylation sites (N-methyl/N-ethyl adjacent to an activating group) is 1. The Morgan fingerprint density at radius 1 is 1.75 bits per heavy atom. The Balaban J connectivity index is 2.06. The summed E-state index contributed by atoms with van der Waals surface area (Å²) in [5.41, 5.74) is 0. The molecule has 1 aliphatic rings. The van der Waals surface area contributed by atoms with E-state index in [-0.39, 0.29) is 0 Å². The monoisotopic (exact) mass is 113 g/mol. The fourth-order valence-corrected chi connectivity index (χ4v) is 1.13. The Kier molecular flexibility index (Phi) is 2.30. The fraction of sp³-hybridized carbons (Fsp3) is 1.00. The molecule has 1 unspecified atom stereocenters. The van der Waals surface area contributed by atoms with Crippen LogP contribution in [0.15, 0.2) is 0 Å². The molecule has 0 spiro atoms. The molecule has 0 saturated carbocycles. The number of hydrogen-bond donors (Lipinski definition) is 1. The summed E-state index contributed by atoms with van der Waals surface area (Å²) in [6.07, 6.45) is 2.65. The van der Waals surface area contributed by atoms with Gasteiger partial charge in [-0.15, -0.1) is 6.54 Å². The molecule has 0 bridgehead atoms. The molecule has 1 atom stereocenters. The molecule has 2 nitrogen and oxygen atoms in total. The van der Waals surface area contributed by atoms with Crippen molar-refractivity contribution in [3.63, 3.8) is 0 Å². The second-order valence-electron chi connectivity index (χ2n) is 2.29. The summed E-state index contributed by atoms with van der Waals surface area (Å²) in [6, 6.07) is 0.694. The van der Waals surface area contributed by atoms with Gasteiger partial charge in [0.15, 0.2) is 0 Å². The Morgan fingerprint density at radius 3 is 3.12 bits per heavy atom. The molecule has 8 heavy (non-hydrogen) atoms. The Bertz CT molecular complexity index is 57.5. The zero-order chi connectivity index (χ0) is 5.82. The molecule has 0 radical (unpaired) electrons. The maximum absolute atomic E-state index is 4.06. The smallest absolute Gasteiger partial charge is 0.00465 e. The average Bonchev–Trinajstić information content (AvgIpc) is 2.19. The van der Waals surface area contributed by atoms with Crippen molar-refractivity contribution in [2.75, 3.05) is 20.1 Å². The SMILES string of the molecule is C[N-]CC1CCCN1. The largest absolute Gasteiger partial charge is 0.664 e. The van der Waals surface area contributed by atoms with Crippen molar-refractivity contribution in [1.29, 1.82) is 0 Å². The van der Waals surface area contributed by atoms with Crippen molar-refractivity contribution in [1.82, 2.24) is 5.32 Å². The molecule has 0 aromatic heterocycles.